The summed E-state index contributed by atoms with van der Waals surface area (Å²) in [6.07, 6.45) is 3.94. The molecule has 0 unspecified atom stereocenters. The first-order chi connectivity index (χ1) is 8.25. The van der Waals surface area contributed by atoms with Crippen molar-refractivity contribution in [3.63, 3.8) is 0 Å². The zero-order chi connectivity index (χ0) is 11.8. The van der Waals surface area contributed by atoms with Crippen LogP contribution < -0.4 is 5.32 Å². The van der Waals surface area contributed by atoms with E-state index < -0.39 is 0 Å². The number of nitrogens with one attached hydrogen (secondary N) is 2. The van der Waals surface area contributed by atoms with Crippen molar-refractivity contribution in [1.82, 2.24) is 4.98 Å². The molecule has 0 radical (unpaired) electrons. The molecule has 2 N–H and O–H groups in total. The summed E-state index contributed by atoms with van der Waals surface area (Å²) in [6, 6.07) is 7.25. The largest absolute Gasteiger partial charge is 0.380 e. The summed E-state index contributed by atoms with van der Waals surface area (Å²) < 4.78 is 14.2. The number of hydrogen-bond acceptors (Lipinski definition) is 1. The lowest BCUT2D eigenvalue weighted by Crippen LogP contribution is -1.91. The van der Waals surface area contributed by atoms with E-state index in [4.69, 9.17) is 0 Å². The van der Waals surface area contributed by atoms with Crippen molar-refractivity contribution >= 4 is 39.9 Å². The van der Waals surface area contributed by atoms with Gasteiger partial charge in [0.25, 0.3) is 0 Å². The summed E-state index contributed by atoms with van der Waals surface area (Å²) in [4.78, 5) is 3.13. The number of fused-ring (bicyclic) bond motifs is 1. The Labute approximate surface area is 112 Å². The molecule has 0 spiro atoms. The lowest BCUT2D eigenvalue weighted by atomic mass is 10.1. The number of anilines is 1. The van der Waals surface area contributed by atoms with Crippen LogP contribution in [0.2, 0.25) is 0 Å². The lowest BCUT2D eigenvalue weighted by molar-refractivity contribution is 0.620. The molecule has 2 aromatic rings. The molecule has 0 aliphatic carbocycles. The van der Waals surface area contributed by atoms with Gasteiger partial charge in [-0.2, -0.15) is 0 Å². The first-order valence-corrected chi connectivity index (χ1v) is 6.40. The highest BCUT2D eigenvalue weighted by molar-refractivity contribution is 14.1. The first-order valence-electron chi connectivity index (χ1n) is 5.32. The highest BCUT2D eigenvalue weighted by atomic mass is 127. The number of benzene rings is 1. The van der Waals surface area contributed by atoms with Gasteiger partial charge in [-0.1, -0.05) is 0 Å². The molecule has 1 aromatic carbocycles. The van der Waals surface area contributed by atoms with Gasteiger partial charge in [-0.3, -0.25) is 0 Å². The first kappa shape index (κ1) is 10.8. The van der Waals surface area contributed by atoms with E-state index in [0.717, 1.165) is 29.1 Å². The molecule has 2 heterocycles. The maximum absolute atomic E-state index is 13.6. The van der Waals surface area contributed by atoms with Crippen LogP contribution in [0.25, 0.3) is 11.6 Å². The fourth-order valence-corrected chi connectivity index (χ4v) is 2.85. The van der Waals surface area contributed by atoms with Crippen LogP contribution in [0.1, 0.15) is 11.3 Å². The van der Waals surface area contributed by atoms with Crippen molar-refractivity contribution in [2.75, 3.05) is 11.9 Å². The fourth-order valence-electron chi connectivity index (χ4n) is 2.04. The minimum absolute atomic E-state index is 0.162. The van der Waals surface area contributed by atoms with Crippen LogP contribution in [0.5, 0.6) is 0 Å². The molecule has 3 rings (SSSR count). The van der Waals surface area contributed by atoms with E-state index in [0.29, 0.717) is 3.57 Å². The Morgan fingerprint density at radius 2 is 2.18 bits per heavy atom. The molecule has 86 valence electrons. The van der Waals surface area contributed by atoms with Crippen molar-refractivity contribution in [2.45, 2.75) is 0 Å². The standard InChI is InChI=1S/C13H10FIN2/c14-10-3-4-11-12(13(10)15)8(7-17-11)6-9-2-1-5-16-9/h1-6,16-17H,7H2/b8-6+. The molecule has 1 aromatic heterocycles. The summed E-state index contributed by atoms with van der Waals surface area (Å²) in [6.45, 7) is 0.744. The molecular weight excluding hydrogens is 330 g/mol. The third kappa shape index (κ3) is 1.86. The Morgan fingerprint density at radius 1 is 1.29 bits per heavy atom. The third-order valence-corrected chi connectivity index (χ3v) is 3.89. The quantitative estimate of drug-likeness (QED) is 0.761. The average molecular weight is 340 g/mol. The number of rotatable bonds is 1. The van der Waals surface area contributed by atoms with Gasteiger partial charge in [-0.25, -0.2) is 4.39 Å². The van der Waals surface area contributed by atoms with Crippen LogP contribution in [0.4, 0.5) is 10.1 Å². The van der Waals surface area contributed by atoms with Gasteiger partial charge in [0.1, 0.15) is 5.82 Å². The zero-order valence-corrected chi connectivity index (χ0v) is 11.1. The maximum Gasteiger partial charge on any atom is 0.137 e. The highest BCUT2D eigenvalue weighted by Crippen LogP contribution is 2.36. The van der Waals surface area contributed by atoms with Gasteiger partial charge in [0.2, 0.25) is 0 Å². The SMILES string of the molecule is Fc1ccc2c(c1I)/C(=C/c1ccc[nH]1)CN2. The Bertz CT molecular complexity index is 588. The minimum atomic E-state index is -0.162. The Balaban J connectivity index is 2.12. The fraction of sp³-hybridized carbons (Fsp3) is 0.0769. The van der Waals surface area contributed by atoms with Gasteiger partial charge in [0.05, 0.1) is 3.57 Å². The number of halogens is 2. The summed E-state index contributed by atoms with van der Waals surface area (Å²) >= 11 is 2.06. The summed E-state index contributed by atoms with van der Waals surface area (Å²) in [5.74, 6) is -0.162. The van der Waals surface area contributed by atoms with E-state index in [-0.39, 0.29) is 5.82 Å². The molecule has 1 aliphatic heterocycles. The predicted octanol–water partition coefficient (Wildman–Crippen LogP) is 3.72. The van der Waals surface area contributed by atoms with E-state index >= 15 is 0 Å². The van der Waals surface area contributed by atoms with Crippen molar-refractivity contribution in [3.8, 4) is 0 Å². The normalized spacial score (nSPS) is 16.0. The molecule has 0 saturated heterocycles. The van der Waals surface area contributed by atoms with Crippen LogP contribution >= 0.6 is 22.6 Å². The molecule has 17 heavy (non-hydrogen) atoms. The molecule has 1 aliphatic rings. The van der Waals surface area contributed by atoms with E-state index in [9.17, 15) is 4.39 Å². The van der Waals surface area contributed by atoms with Gasteiger partial charge in [-0.05, 0) is 58.5 Å². The van der Waals surface area contributed by atoms with Crippen LogP contribution in [-0.4, -0.2) is 11.5 Å². The predicted molar refractivity (Wildman–Crippen MR) is 76.3 cm³/mol. The van der Waals surface area contributed by atoms with Crippen LogP contribution in [-0.2, 0) is 0 Å². The number of aromatic amines is 1. The van der Waals surface area contributed by atoms with Crippen molar-refractivity contribution < 1.29 is 4.39 Å². The number of H-pyrrole nitrogens is 1. The molecule has 0 bridgehead atoms. The highest BCUT2D eigenvalue weighted by Gasteiger charge is 2.20. The second-order valence-electron chi connectivity index (χ2n) is 3.93. The topological polar surface area (TPSA) is 27.8 Å². The molecule has 0 amide bonds. The second kappa shape index (κ2) is 4.18. The van der Waals surface area contributed by atoms with E-state index in [1.165, 1.54) is 6.07 Å². The van der Waals surface area contributed by atoms with Crippen LogP contribution in [0.15, 0.2) is 30.5 Å². The van der Waals surface area contributed by atoms with Crippen molar-refractivity contribution in [3.05, 3.63) is 51.1 Å². The number of hydrogen-bond donors (Lipinski definition) is 2. The van der Waals surface area contributed by atoms with Crippen LogP contribution in [0, 0.1) is 9.39 Å². The Morgan fingerprint density at radius 3 is 2.94 bits per heavy atom. The van der Waals surface area contributed by atoms with E-state index in [1.54, 1.807) is 6.07 Å². The zero-order valence-electron chi connectivity index (χ0n) is 8.93. The van der Waals surface area contributed by atoms with Crippen LogP contribution in [0.3, 0.4) is 0 Å². The molecule has 0 atom stereocenters. The second-order valence-corrected chi connectivity index (χ2v) is 5.01. The Hall–Kier alpha value is -1.30. The Kier molecular flexibility index (Phi) is 2.66. The third-order valence-electron chi connectivity index (χ3n) is 2.84. The maximum atomic E-state index is 13.6. The minimum Gasteiger partial charge on any atom is -0.380 e. The average Bonchev–Trinajstić information content (AvgIpc) is 2.94. The van der Waals surface area contributed by atoms with Gasteiger partial charge < -0.3 is 10.3 Å². The summed E-state index contributed by atoms with van der Waals surface area (Å²) in [7, 11) is 0. The molecule has 0 saturated carbocycles. The van der Waals surface area contributed by atoms with Gasteiger partial charge in [-0.15, -0.1) is 0 Å². The van der Waals surface area contributed by atoms with Crippen molar-refractivity contribution in [1.29, 1.82) is 0 Å². The lowest BCUT2D eigenvalue weighted by Gasteiger charge is -2.04. The van der Waals surface area contributed by atoms with Gasteiger partial charge in [0.15, 0.2) is 0 Å². The monoisotopic (exact) mass is 340 g/mol. The summed E-state index contributed by atoms with van der Waals surface area (Å²) in [5.41, 5.74) is 4.15. The molecule has 2 nitrogen and oxygen atoms in total. The molecule has 4 heteroatoms. The van der Waals surface area contributed by atoms with Gasteiger partial charge in [0, 0.05) is 29.7 Å². The molecule has 0 fully saturated rings. The van der Waals surface area contributed by atoms with Crippen molar-refractivity contribution in [2.24, 2.45) is 0 Å². The van der Waals surface area contributed by atoms with E-state index in [2.05, 4.69) is 39.0 Å². The summed E-state index contributed by atoms with van der Waals surface area (Å²) in [5, 5.41) is 3.28. The number of aromatic nitrogens is 1. The van der Waals surface area contributed by atoms with Gasteiger partial charge >= 0.3 is 0 Å². The molecular formula is C13H10FIN2. The smallest absolute Gasteiger partial charge is 0.137 e. The van der Waals surface area contributed by atoms with E-state index in [1.807, 2.05) is 18.3 Å².